The SMILES string of the molecule is Cc1cc(Nc2ccccc2Cl)n2nc(SCCn3cnc4ccccc4c3=O)nc2n1. The van der Waals surface area contributed by atoms with Crippen molar-refractivity contribution in [1.82, 2.24) is 29.1 Å². The fraction of sp³-hybridized carbons (Fsp3) is 0.136. The largest absolute Gasteiger partial charge is 0.339 e. The number of para-hydroxylation sites is 2. The molecule has 0 fully saturated rings. The Morgan fingerprint density at radius 2 is 1.91 bits per heavy atom. The summed E-state index contributed by atoms with van der Waals surface area (Å²) < 4.78 is 3.26. The normalized spacial score (nSPS) is 11.3. The number of thioether (sulfide) groups is 1. The van der Waals surface area contributed by atoms with E-state index in [0.29, 0.717) is 39.2 Å². The van der Waals surface area contributed by atoms with E-state index in [0.717, 1.165) is 17.2 Å². The summed E-state index contributed by atoms with van der Waals surface area (Å²) in [6.07, 6.45) is 1.58. The van der Waals surface area contributed by atoms with Crippen LogP contribution >= 0.6 is 23.4 Å². The Balaban J connectivity index is 1.36. The van der Waals surface area contributed by atoms with Gasteiger partial charge in [-0.2, -0.15) is 9.50 Å². The van der Waals surface area contributed by atoms with Crippen LogP contribution in [-0.4, -0.2) is 34.9 Å². The van der Waals surface area contributed by atoms with E-state index in [4.69, 9.17) is 11.6 Å². The van der Waals surface area contributed by atoms with Crippen molar-refractivity contribution in [3.05, 3.63) is 82.0 Å². The first-order valence-electron chi connectivity index (χ1n) is 9.91. The topological polar surface area (TPSA) is 90.0 Å². The van der Waals surface area contributed by atoms with Crippen molar-refractivity contribution in [1.29, 1.82) is 0 Å². The minimum atomic E-state index is -0.0531. The number of hydrogen-bond donors (Lipinski definition) is 1. The summed E-state index contributed by atoms with van der Waals surface area (Å²) in [5.41, 5.74) is 2.23. The highest BCUT2D eigenvalue weighted by atomic mass is 35.5. The Morgan fingerprint density at radius 1 is 1.09 bits per heavy atom. The van der Waals surface area contributed by atoms with Gasteiger partial charge in [-0.25, -0.2) is 9.97 Å². The molecule has 0 bridgehead atoms. The summed E-state index contributed by atoms with van der Waals surface area (Å²) in [6, 6.07) is 16.7. The molecular formula is C22H18ClN7OS. The first kappa shape index (κ1) is 20.5. The summed E-state index contributed by atoms with van der Waals surface area (Å²) in [7, 11) is 0. The van der Waals surface area contributed by atoms with E-state index in [1.165, 1.54) is 11.8 Å². The second-order valence-corrected chi connectivity index (χ2v) is 8.57. The molecule has 8 nitrogen and oxygen atoms in total. The molecular weight excluding hydrogens is 446 g/mol. The van der Waals surface area contributed by atoms with E-state index in [2.05, 4.69) is 25.4 Å². The van der Waals surface area contributed by atoms with Gasteiger partial charge in [0.25, 0.3) is 11.3 Å². The van der Waals surface area contributed by atoms with Gasteiger partial charge < -0.3 is 5.32 Å². The van der Waals surface area contributed by atoms with Crippen molar-refractivity contribution in [2.75, 3.05) is 11.1 Å². The molecule has 0 amide bonds. The zero-order valence-electron chi connectivity index (χ0n) is 17.1. The Bertz CT molecular complexity index is 1500. The second-order valence-electron chi connectivity index (χ2n) is 7.10. The van der Waals surface area contributed by atoms with Gasteiger partial charge in [-0.3, -0.25) is 9.36 Å². The highest BCUT2D eigenvalue weighted by Crippen LogP contribution is 2.26. The molecule has 0 radical (unpaired) electrons. The van der Waals surface area contributed by atoms with E-state index >= 15 is 0 Å². The van der Waals surface area contributed by atoms with E-state index < -0.39 is 0 Å². The van der Waals surface area contributed by atoms with Crippen LogP contribution in [0.3, 0.4) is 0 Å². The quantitative estimate of drug-likeness (QED) is 0.375. The summed E-state index contributed by atoms with van der Waals surface area (Å²) in [4.78, 5) is 26.0. The third-order valence-electron chi connectivity index (χ3n) is 4.85. The molecule has 0 spiro atoms. The van der Waals surface area contributed by atoms with Crippen LogP contribution in [0.4, 0.5) is 11.5 Å². The smallest absolute Gasteiger partial charge is 0.261 e. The zero-order chi connectivity index (χ0) is 22.1. The van der Waals surface area contributed by atoms with Crippen LogP contribution in [0.2, 0.25) is 5.02 Å². The number of nitrogens with one attached hydrogen (secondary N) is 1. The molecule has 0 unspecified atom stereocenters. The second kappa shape index (κ2) is 8.60. The lowest BCUT2D eigenvalue weighted by atomic mass is 10.2. The van der Waals surface area contributed by atoms with Crippen LogP contribution in [0.15, 0.2) is 70.9 Å². The Kier molecular flexibility index (Phi) is 5.50. The molecule has 5 rings (SSSR count). The van der Waals surface area contributed by atoms with Gasteiger partial charge in [0, 0.05) is 24.1 Å². The lowest BCUT2D eigenvalue weighted by molar-refractivity contribution is 0.724. The Morgan fingerprint density at radius 3 is 2.78 bits per heavy atom. The number of benzene rings is 2. The van der Waals surface area contributed by atoms with Crippen molar-refractivity contribution in [3.63, 3.8) is 0 Å². The minimum Gasteiger partial charge on any atom is -0.339 e. The van der Waals surface area contributed by atoms with Crippen molar-refractivity contribution in [3.8, 4) is 0 Å². The first-order chi connectivity index (χ1) is 15.6. The third kappa shape index (κ3) is 4.04. The number of aromatic nitrogens is 6. The molecule has 0 atom stereocenters. The van der Waals surface area contributed by atoms with Gasteiger partial charge in [0.05, 0.1) is 27.9 Å². The van der Waals surface area contributed by atoms with Crippen molar-refractivity contribution in [2.45, 2.75) is 18.6 Å². The van der Waals surface area contributed by atoms with E-state index in [1.54, 1.807) is 21.5 Å². The predicted octanol–water partition coefficient (Wildman–Crippen LogP) is 4.33. The molecule has 10 heteroatoms. The minimum absolute atomic E-state index is 0.0531. The fourth-order valence-corrected chi connectivity index (χ4v) is 4.26. The van der Waals surface area contributed by atoms with Crippen molar-refractivity contribution in [2.24, 2.45) is 0 Å². The van der Waals surface area contributed by atoms with Gasteiger partial charge in [-0.05, 0) is 31.2 Å². The van der Waals surface area contributed by atoms with Crippen LogP contribution in [0.1, 0.15) is 5.69 Å². The van der Waals surface area contributed by atoms with Gasteiger partial charge >= 0.3 is 0 Å². The molecule has 0 aliphatic carbocycles. The van der Waals surface area contributed by atoms with Gasteiger partial charge in [0.15, 0.2) is 0 Å². The molecule has 160 valence electrons. The van der Waals surface area contributed by atoms with E-state index in [1.807, 2.05) is 55.5 Å². The molecule has 0 saturated heterocycles. The molecule has 32 heavy (non-hydrogen) atoms. The van der Waals surface area contributed by atoms with Gasteiger partial charge in [-0.15, -0.1) is 5.10 Å². The number of halogens is 1. The van der Waals surface area contributed by atoms with Crippen molar-refractivity contribution < 1.29 is 0 Å². The maximum atomic E-state index is 12.6. The average molecular weight is 464 g/mol. The number of fused-ring (bicyclic) bond motifs is 2. The standard InChI is InChI=1S/C22H18ClN7OS/c1-14-12-19(26-18-9-5-3-7-16(18)23)30-21(25-14)27-22(28-30)32-11-10-29-13-24-17-8-4-2-6-15(17)20(29)31/h2-9,12-13,26H,10-11H2,1H3. The average Bonchev–Trinajstić information content (AvgIpc) is 3.20. The number of nitrogens with zero attached hydrogens (tertiary/aromatic N) is 6. The first-order valence-corrected chi connectivity index (χ1v) is 11.3. The third-order valence-corrected chi connectivity index (χ3v) is 6.00. The van der Waals surface area contributed by atoms with Crippen molar-refractivity contribution >= 4 is 51.5 Å². The molecule has 1 N–H and O–H groups in total. The molecule has 0 saturated carbocycles. The maximum absolute atomic E-state index is 12.6. The Labute approximate surface area is 192 Å². The zero-order valence-corrected chi connectivity index (χ0v) is 18.6. The lowest BCUT2D eigenvalue weighted by Crippen LogP contribution is -2.21. The molecule has 3 aromatic heterocycles. The van der Waals surface area contributed by atoms with Crippen LogP contribution in [0.25, 0.3) is 16.7 Å². The monoisotopic (exact) mass is 463 g/mol. The van der Waals surface area contributed by atoms with E-state index in [-0.39, 0.29) is 5.56 Å². The maximum Gasteiger partial charge on any atom is 0.261 e. The highest BCUT2D eigenvalue weighted by Gasteiger charge is 2.12. The molecule has 3 heterocycles. The summed E-state index contributed by atoms with van der Waals surface area (Å²) in [6.45, 7) is 2.40. The Hall–Kier alpha value is -3.43. The summed E-state index contributed by atoms with van der Waals surface area (Å²) in [5.74, 6) is 1.82. The number of rotatable bonds is 6. The molecule has 2 aromatic carbocycles. The summed E-state index contributed by atoms with van der Waals surface area (Å²) in [5, 5.41) is 9.68. The molecule has 0 aliphatic heterocycles. The molecule has 0 aliphatic rings. The summed E-state index contributed by atoms with van der Waals surface area (Å²) >= 11 is 7.74. The van der Waals surface area contributed by atoms with Gasteiger partial charge in [-0.1, -0.05) is 47.6 Å². The van der Waals surface area contributed by atoms with Crippen LogP contribution < -0.4 is 10.9 Å². The van der Waals surface area contributed by atoms with Gasteiger partial charge in [0.2, 0.25) is 5.16 Å². The van der Waals surface area contributed by atoms with Crippen LogP contribution in [-0.2, 0) is 6.54 Å². The number of aryl methyl sites for hydroxylation is 2. The van der Waals surface area contributed by atoms with Crippen LogP contribution in [0.5, 0.6) is 0 Å². The molecule has 5 aromatic rings. The highest BCUT2D eigenvalue weighted by molar-refractivity contribution is 7.99. The predicted molar refractivity (Wildman–Crippen MR) is 127 cm³/mol. The number of anilines is 2. The lowest BCUT2D eigenvalue weighted by Gasteiger charge is -2.09. The fourth-order valence-electron chi connectivity index (χ4n) is 3.32. The van der Waals surface area contributed by atoms with E-state index in [9.17, 15) is 4.79 Å². The number of hydrogen-bond acceptors (Lipinski definition) is 7. The van der Waals surface area contributed by atoms with Crippen LogP contribution in [0, 0.1) is 6.92 Å². The van der Waals surface area contributed by atoms with Gasteiger partial charge in [0.1, 0.15) is 5.82 Å².